The Morgan fingerprint density at radius 2 is 1.95 bits per heavy atom. The number of rotatable bonds is 11. The van der Waals surface area contributed by atoms with Crippen molar-refractivity contribution >= 4 is 5.97 Å². The molecule has 0 saturated carbocycles. The van der Waals surface area contributed by atoms with Crippen molar-refractivity contribution in [2.45, 2.75) is 71.9 Å². The Kier molecular flexibility index (Phi) is 9.86. The van der Waals surface area contributed by atoms with Gasteiger partial charge in [0.1, 0.15) is 5.54 Å². The Morgan fingerprint density at radius 1 is 1.30 bits per heavy atom. The summed E-state index contributed by atoms with van der Waals surface area (Å²) < 4.78 is 5.21. The van der Waals surface area contributed by atoms with Crippen molar-refractivity contribution in [3.63, 3.8) is 0 Å². The van der Waals surface area contributed by atoms with Crippen molar-refractivity contribution in [2.24, 2.45) is 0 Å². The Balaban J connectivity index is 4.26. The molecule has 0 amide bonds. The van der Waals surface area contributed by atoms with Crippen LogP contribution in [0.15, 0.2) is 0 Å². The molecule has 0 aliphatic rings. The zero-order valence-corrected chi connectivity index (χ0v) is 14.3. The first-order valence-corrected chi connectivity index (χ1v) is 7.99. The van der Waals surface area contributed by atoms with Crippen LogP contribution in [-0.2, 0) is 9.53 Å². The van der Waals surface area contributed by atoms with E-state index in [1.165, 1.54) is 0 Å². The van der Waals surface area contributed by atoms with Gasteiger partial charge in [0.15, 0.2) is 0 Å². The van der Waals surface area contributed by atoms with E-state index in [9.17, 15) is 4.79 Å². The molecule has 0 radical (unpaired) electrons. The van der Waals surface area contributed by atoms with Gasteiger partial charge >= 0.3 is 5.97 Å². The summed E-state index contributed by atoms with van der Waals surface area (Å²) in [7, 11) is 2.14. The predicted molar refractivity (Wildman–Crippen MR) is 84.9 cm³/mol. The topological polar surface area (TPSA) is 41.6 Å². The fourth-order valence-electron chi connectivity index (χ4n) is 2.05. The summed E-state index contributed by atoms with van der Waals surface area (Å²) in [4.78, 5) is 14.4. The molecule has 0 heterocycles. The SMILES string of the molecule is CCCNC(C)(CCCCN(C)C(C)C)C(=O)OCC. The molecule has 0 aromatic carbocycles. The van der Waals surface area contributed by atoms with Crippen LogP contribution >= 0.6 is 0 Å². The number of ether oxygens (including phenoxy) is 1. The van der Waals surface area contributed by atoms with E-state index in [-0.39, 0.29) is 5.97 Å². The van der Waals surface area contributed by atoms with Crippen LogP contribution in [-0.4, -0.2) is 49.2 Å². The van der Waals surface area contributed by atoms with Gasteiger partial charge < -0.3 is 15.0 Å². The van der Waals surface area contributed by atoms with Gasteiger partial charge in [-0.15, -0.1) is 0 Å². The molecule has 0 spiro atoms. The highest BCUT2D eigenvalue weighted by atomic mass is 16.5. The number of hydrogen-bond acceptors (Lipinski definition) is 4. The average Bonchev–Trinajstić information content (AvgIpc) is 2.41. The summed E-state index contributed by atoms with van der Waals surface area (Å²) in [5, 5.41) is 3.35. The largest absolute Gasteiger partial charge is 0.465 e. The molecule has 0 aliphatic heterocycles. The summed E-state index contributed by atoms with van der Waals surface area (Å²) >= 11 is 0. The standard InChI is InChI=1S/C16H34N2O2/c1-7-12-17-16(5,15(19)20-8-2)11-9-10-13-18(6)14(3)4/h14,17H,7-13H2,1-6H3. The van der Waals surface area contributed by atoms with Crippen LogP contribution in [0, 0.1) is 0 Å². The van der Waals surface area contributed by atoms with Crippen molar-refractivity contribution < 1.29 is 9.53 Å². The van der Waals surface area contributed by atoms with Crippen LogP contribution in [0.3, 0.4) is 0 Å². The lowest BCUT2D eigenvalue weighted by Gasteiger charge is -2.29. The van der Waals surface area contributed by atoms with E-state index in [4.69, 9.17) is 4.74 Å². The first kappa shape index (κ1) is 19.4. The zero-order chi connectivity index (χ0) is 15.6. The lowest BCUT2D eigenvalue weighted by atomic mass is 9.94. The normalized spacial score (nSPS) is 14.6. The van der Waals surface area contributed by atoms with Crippen molar-refractivity contribution in [1.29, 1.82) is 0 Å². The monoisotopic (exact) mass is 286 g/mol. The lowest BCUT2D eigenvalue weighted by molar-refractivity contribution is -0.150. The van der Waals surface area contributed by atoms with Gasteiger partial charge in [0.05, 0.1) is 6.61 Å². The molecule has 0 saturated heterocycles. The number of esters is 1. The summed E-state index contributed by atoms with van der Waals surface area (Å²) in [5.41, 5.74) is -0.539. The van der Waals surface area contributed by atoms with E-state index in [0.717, 1.165) is 38.8 Å². The van der Waals surface area contributed by atoms with Gasteiger partial charge in [-0.1, -0.05) is 6.92 Å². The van der Waals surface area contributed by atoms with Crippen LogP contribution < -0.4 is 5.32 Å². The van der Waals surface area contributed by atoms with Crippen LogP contribution in [0.1, 0.15) is 60.3 Å². The average molecular weight is 286 g/mol. The molecular weight excluding hydrogens is 252 g/mol. The third-order valence-electron chi connectivity index (χ3n) is 3.81. The minimum atomic E-state index is -0.539. The molecule has 0 aromatic heterocycles. The molecule has 1 atom stereocenters. The minimum Gasteiger partial charge on any atom is -0.465 e. The maximum Gasteiger partial charge on any atom is 0.326 e. The fraction of sp³-hybridized carbons (Fsp3) is 0.938. The molecule has 0 aliphatic carbocycles. The van der Waals surface area contributed by atoms with Crippen LogP contribution in [0.4, 0.5) is 0 Å². The summed E-state index contributed by atoms with van der Waals surface area (Å²) in [6, 6.07) is 0.574. The predicted octanol–water partition coefficient (Wildman–Crippen LogP) is 2.82. The smallest absolute Gasteiger partial charge is 0.326 e. The molecule has 4 nitrogen and oxygen atoms in total. The Labute approximate surface area is 125 Å². The van der Waals surface area contributed by atoms with E-state index >= 15 is 0 Å². The summed E-state index contributed by atoms with van der Waals surface area (Å²) in [6.07, 6.45) is 3.99. The zero-order valence-electron chi connectivity index (χ0n) is 14.3. The Bertz CT molecular complexity index is 269. The maximum absolute atomic E-state index is 12.1. The second-order valence-corrected chi connectivity index (χ2v) is 6.01. The highest BCUT2D eigenvalue weighted by Crippen LogP contribution is 2.17. The van der Waals surface area contributed by atoms with Gasteiger partial charge in [0, 0.05) is 6.04 Å². The van der Waals surface area contributed by atoms with E-state index in [2.05, 4.69) is 38.0 Å². The van der Waals surface area contributed by atoms with E-state index in [1.54, 1.807) is 0 Å². The number of hydrogen-bond donors (Lipinski definition) is 1. The molecule has 0 aromatic rings. The summed E-state index contributed by atoms with van der Waals surface area (Å²) in [5.74, 6) is -0.120. The van der Waals surface area contributed by atoms with Gasteiger partial charge in [-0.25, -0.2) is 0 Å². The van der Waals surface area contributed by atoms with E-state index < -0.39 is 5.54 Å². The Hall–Kier alpha value is -0.610. The molecule has 20 heavy (non-hydrogen) atoms. The Morgan fingerprint density at radius 3 is 2.45 bits per heavy atom. The van der Waals surface area contributed by atoms with Gasteiger partial charge in [-0.2, -0.15) is 0 Å². The fourth-order valence-corrected chi connectivity index (χ4v) is 2.05. The first-order valence-electron chi connectivity index (χ1n) is 7.99. The number of nitrogens with one attached hydrogen (secondary N) is 1. The van der Waals surface area contributed by atoms with Crippen LogP contribution in [0.5, 0.6) is 0 Å². The molecule has 1 N–H and O–H groups in total. The van der Waals surface area contributed by atoms with Crippen molar-refractivity contribution in [2.75, 3.05) is 26.7 Å². The number of carbonyl (C=O) groups excluding carboxylic acids is 1. The quantitative estimate of drug-likeness (QED) is 0.468. The van der Waals surface area contributed by atoms with Crippen molar-refractivity contribution in [1.82, 2.24) is 10.2 Å². The second-order valence-electron chi connectivity index (χ2n) is 6.01. The van der Waals surface area contributed by atoms with Gasteiger partial charge in [0.25, 0.3) is 0 Å². The highest BCUT2D eigenvalue weighted by molar-refractivity contribution is 5.80. The van der Waals surface area contributed by atoms with E-state index in [0.29, 0.717) is 12.6 Å². The molecule has 0 rings (SSSR count). The van der Waals surface area contributed by atoms with Crippen LogP contribution in [0.25, 0.3) is 0 Å². The summed E-state index contributed by atoms with van der Waals surface area (Å²) in [6.45, 7) is 12.7. The molecule has 1 unspecified atom stereocenters. The third-order valence-corrected chi connectivity index (χ3v) is 3.81. The molecule has 0 fully saturated rings. The highest BCUT2D eigenvalue weighted by Gasteiger charge is 2.33. The lowest BCUT2D eigenvalue weighted by Crippen LogP contribution is -2.50. The number of unbranched alkanes of at least 4 members (excludes halogenated alkanes) is 1. The second kappa shape index (κ2) is 10.2. The van der Waals surface area contributed by atoms with Crippen molar-refractivity contribution in [3.8, 4) is 0 Å². The maximum atomic E-state index is 12.1. The molecule has 0 bridgehead atoms. The first-order chi connectivity index (χ1) is 9.37. The molecule has 120 valence electrons. The van der Waals surface area contributed by atoms with Crippen molar-refractivity contribution in [3.05, 3.63) is 0 Å². The van der Waals surface area contributed by atoms with E-state index in [1.807, 2.05) is 13.8 Å². The molecule has 4 heteroatoms. The number of carbonyl (C=O) groups is 1. The van der Waals surface area contributed by atoms with Gasteiger partial charge in [0.2, 0.25) is 0 Å². The number of nitrogens with zero attached hydrogens (tertiary/aromatic N) is 1. The van der Waals surface area contributed by atoms with Crippen LogP contribution in [0.2, 0.25) is 0 Å². The minimum absolute atomic E-state index is 0.120. The third kappa shape index (κ3) is 7.25. The van der Waals surface area contributed by atoms with Gasteiger partial charge in [-0.3, -0.25) is 4.79 Å². The van der Waals surface area contributed by atoms with Gasteiger partial charge in [-0.05, 0) is 73.5 Å². The molecular formula is C16H34N2O2.